The van der Waals surface area contributed by atoms with Gasteiger partial charge >= 0.3 is 0 Å². The zero-order chi connectivity index (χ0) is 10.7. The molecule has 0 amide bonds. The first-order valence-electron chi connectivity index (χ1n) is 3.97. The number of hydrogen-bond donors (Lipinski definition) is 3. The predicted octanol–water partition coefficient (Wildman–Crippen LogP) is 0.351. The van der Waals surface area contributed by atoms with Crippen LogP contribution < -0.4 is 0 Å². The Morgan fingerprint density at radius 1 is 1.07 bits per heavy atom. The molecule has 1 rings (SSSR count). The van der Waals surface area contributed by atoms with Gasteiger partial charge in [-0.3, -0.25) is 0 Å². The maximum absolute atomic E-state index is 12.7. The SMILES string of the molecule is OCC(O)C(O)c1cc(F)cc(F)c1. The molecule has 0 spiro atoms. The second-order valence-corrected chi connectivity index (χ2v) is 2.90. The van der Waals surface area contributed by atoms with E-state index in [1.165, 1.54) is 0 Å². The van der Waals surface area contributed by atoms with Gasteiger partial charge in [-0.2, -0.15) is 0 Å². The summed E-state index contributed by atoms with van der Waals surface area (Å²) in [5.41, 5.74) is -0.107. The Hall–Kier alpha value is -1.04. The Bertz CT molecular complexity index is 297. The zero-order valence-corrected chi connectivity index (χ0v) is 7.19. The molecule has 0 aliphatic heterocycles. The third kappa shape index (κ3) is 2.47. The average Bonchev–Trinajstić information content (AvgIpc) is 2.14. The van der Waals surface area contributed by atoms with Gasteiger partial charge in [-0.25, -0.2) is 8.78 Å². The molecule has 1 aromatic carbocycles. The van der Waals surface area contributed by atoms with Crippen LogP contribution in [-0.2, 0) is 0 Å². The van der Waals surface area contributed by atoms with E-state index in [4.69, 9.17) is 10.2 Å². The Balaban J connectivity index is 2.94. The van der Waals surface area contributed by atoms with Gasteiger partial charge in [-0.1, -0.05) is 0 Å². The third-order valence-electron chi connectivity index (χ3n) is 1.78. The molecule has 78 valence electrons. The number of rotatable bonds is 3. The lowest BCUT2D eigenvalue weighted by molar-refractivity contribution is -0.0155. The van der Waals surface area contributed by atoms with Crippen LogP contribution in [0.2, 0.25) is 0 Å². The lowest BCUT2D eigenvalue weighted by Gasteiger charge is -2.15. The monoisotopic (exact) mass is 204 g/mol. The van der Waals surface area contributed by atoms with Gasteiger partial charge in [-0.05, 0) is 17.7 Å². The quantitative estimate of drug-likeness (QED) is 0.665. The Kier molecular flexibility index (Phi) is 3.51. The fourth-order valence-electron chi connectivity index (χ4n) is 1.07. The maximum Gasteiger partial charge on any atom is 0.126 e. The van der Waals surface area contributed by atoms with Crippen LogP contribution >= 0.6 is 0 Å². The molecule has 14 heavy (non-hydrogen) atoms. The van der Waals surface area contributed by atoms with E-state index >= 15 is 0 Å². The van der Waals surface area contributed by atoms with Gasteiger partial charge in [-0.15, -0.1) is 0 Å². The van der Waals surface area contributed by atoms with Crippen LogP contribution in [0.15, 0.2) is 18.2 Å². The molecule has 0 aliphatic rings. The van der Waals surface area contributed by atoms with Crippen molar-refractivity contribution in [3.63, 3.8) is 0 Å². The van der Waals surface area contributed by atoms with Crippen LogP contribution in [0.3, 0.4) is 0 Å². The Morgan fingerprint density at radius 3 is 2.00 bits per heavy atom. The number of aliphatic hydroxyl groups is 3. The summed E-state index contributed by atoms with van der Waals surface area (Å²) in [6.45, 7) is -0.681. The van der Waals surface area contributed by atoms with E-state index in [0.717, 1.165) is 12.1 Å². The predicted molar refractivity (Wildman–Crippen MR) is 44.4 cm³/mol. The normalized spacial score (nSPS) is 15.2. The van der Waals surface area contributed by atoms with Crippen molar-refractivity contribution in [2.24, 2.45) is 0 Å². The Morgan fingerprint density at radius 2 is 1.57 bits per heavy atom. The first kappa shape index (κ1) is 11.0. The summed E-state index contributed by atoms with van der Waals surface area (Å²) in [6.07, 6.45) is -2.94. The molecule has 1 aromatic rings. The lowest BCUT2D eigenvalue weighted by atomic mass is 10.0. The molecule has 2 unspecified atom stereocenters. The van der Waals surface area contributed by atoms with Crippen LogP contribution in [-0.4, -0.2) is 28.0 Å². The van der Waals surface area contributed by atoms with E-state index in [1.807, 2.05) is 0 Å². The van der Waals surface area contributed by atoms with Crippen LogP contribution in [0.1, 0.15) is 11.7 Å². The highest BCUT2D eigenvalue weighted by molar-refractivity contribution is 5.20. The largest absolute Gasteiger partial charge is 0.394 e. The van der Waals surface area contributed by atoms with Crippen LogP contribution in [0.4, 0.5) is 8.78 Å². The van der Waals surface area contributed by atoms with Gasteiger partial charge < -0.3 is 15.3 Å². The summed E-state index contributed by atoms with van der Waals surface area (Å²) >= 11 is 0. The van der Waals surface area contributed by atoms with Crippen molar-refractivity contribution in [3.8, 4) is 0 Å². The second kappa shape index (κ2) is 4.45. The molecule has 0 saturated heterocycles. The van der Waals surface area contributed by atoms with Crippen molar-refractivity contribution in [1.29, 1.82) is 0 Å². The van der Waals surface area contributed by atoms with Gasteiger partial charge in [0.2, 0.25) is 0 Å². The second-order valence-electron chi connectivity index (χ2n) is 2.90. The molecule has 0 bridgehead atoms. The molecule has 0 heterocycles. The van der Waals surface area contributed by atoms with Gasteiger partial charge in [0, 0.05) is 6.07 Å². The van der Waals surface area contributed by atoms with E-state index in [9.17, 15) is 13.9 Å². The molecule has 2 atom stereocenters. The van der Waals surface area contributed by atoms with E-state index < -0.39 is 30.4 Å². The maximum atomic E-state index is 12.7. The standard InChI is InChI=1S/C9H10F2O3/c10-6-1-5(2-7(11)3-6)9(14)8(13)4-12/h1-3,8-9,12-14H,4H2. The lowest BCUT2D eigenvalue weighted by Crippen LogP contribution is -2.22. The summed E-state index contributed by atoms with van der Waals surface area (Å²) in [4.78, 5) is 0. The van der Waals surface area contributed by atoms with Crippen molar-refractivity contribution in [1.82, 2.24) is 0 Å². The Labute approximate surface area is 79.2 Å². The molecule has 0 fully saturated rings. The summed E-state index contributed by atoms with van der Waals surface area (Å²) < 4.78 is 25.3. The van der Waals surface area contributed by atoms with E-state index in [-0.39, 0.29) is 5.56 Å². The van der Waals surface area contributed by atoms with Gasteiger partial charge in [0.1, 0.15) is 23.8 Å². The van der Waals surface area contributed by atoms with Gasteiger partial charge in [0.05, 0.1) is 6.61 Å². The van der Waals surface area contributed by atoms with E-state index in [2.05, 4.69) is 0 Å². The van der Waals surface area contributed by atoms with Crippen molar-refractivity contribution in [3.05, 3.63) is 35.4 Å². The fraction of sp³-hybridized carbons (Fsp3) is 0.333. The topological polar surface area (TPSA) is 60.7 Å². The summed E-state index contributed by atoms with van der Waals surface area (Å²) in [7, 11) is 0. The smallest absolute Gasteiger partial charge is 0.126 e. The van der Waals surface area contributed by atoms with Gasteiger partial charge in [0.15, 0.2) is 0 Å². The van der Waals surface area contributed by atoms with Crippen molar-refractivity contribution in [2.75, 3.05) is 6.61 Å². The molecular weight excluding hydrogens is 194 g/mol. The molecular formula is C9H10F2O3. The number of hydrogen-bond acceptors (Lipinski definition) is 3. The van der Waals surface area contributed by atoms with Gasteiger partial charge in [0.25, 0.3) is 0 Å². The molecule has 5 heteroatoms. The summed E-state index contributed by atoms with van der Waals surface area (Å²) in [5, 5.41) is 26.8. The summed E-state index contributed by atoms with van der Waals surface area (Å²) in [5.74, 6) is -1.69. The molecule has 0 radical (unpaired) electrons. The van der Waals surface area contributed by atoms with Crippen LogP contribution in [0.25, 0.3) is 0 Å². The van der Waals surface area contributed by atoms with Crippen LogP contribution in [0.5, 0.6) is 0 Å². The molecule has 3 nitrogen and oxygen atoms in total. The third-order valence-corrected chi connectivity index (χ3v) is 1.78. The number of aliphatic hydroxyl groups excluding tert-OH is 3. The minimum absolute atomic E-state index is 0.107. The molecule has 3 N–H and O–H groups in total. The highest BCUT2D eigenvalue weighted by Gasteiger charge is 2.18. The molecule has 0 aliphatic carbocycles. The molecule has 0 saturated carbocycles. The van der Waals surface area contributed by atoms with E-state index in [0.29, 0.717) is 6.07 Å². The minimum atomic E-state index is -1.50. The molecule has 0 aromatic heterocycles. The van der Waals surface area contributed by atoms with Crippen molar-refractivity contribution in [2.45, 2.75) is 12.2 Å². The van der Waals surface area contributed by atoms with Crippen molar-refractivity contribution >= 4 is 0 Å². The van der Waals surface area contributed by atoms with Crippen molar-refractivity contribution < 1.29 is 24.1 Å². The number of halogens is 2. The zero-order valence-electron chi connectivity index (χ0n) is 7.19. The minimum Gasteiger partial charge on any atom is -0.394 e. The van der Waals surface area contributed by atoms with E-state index in [1.54, 1.807) is 0 Å². The number of benzene rings is 1. The highest BCUT2D eigenvalue weighted by atomic mass is 19.1. The summed E-state index contributed by atoms with van der Waals surface area (Å²) in [6, 6.07) is 2.45. The first-order chi connectivity index (χ1) is 6.54. The highest BCUT2D eigenvalue weighted by Crippen LogP contribution is 2.19. The first-order valence-corrected chi connectivity index (χ1v) is 3.97. The average molecular weight is 204 g/mol. The van der Waals surface area contributed by atoms with Crippen LogP contribution in [0, 0.1) is 11.6 Å². The fourth-order valence-corrected chi connectivity index (χ4v) is 1.07.